The predicted octanol–water partition coefficient (Wildman–Crippen LogP) is -0.0291. The number of rotatable bonds is 5. The molecule has 1 aromatic carbocycles. The molecule has 1 aliphatic heterocycles. The van der Waals surface area contributed by atoms with Gasteiger partial charge in [0, 0.05) is 5.56 Å². The van der Waals surface area contributed by atoms with Crippen molar-refractivity contribution in [2.75, 3.05) is 13.3 Å². The second-order valence-electron chi connectivity index (χ2n) is 4.04. The molecule has 4 N–H and O–H groups in total. The maximum atomic E-state index is 11.0. The van der Waals surface area contributed by atoms with E-state index < -0.39 is 12.2 Å². The first-order valence-electron chi connectivity index (χ1n) is 5.62. The molecular weight excluding hydrogens is 238 g/mol. The van der Waals surface area contributed by atoms with Gasteiger partial charge < -0.3 is 25.4 Å². The summed E-state index contributed by atoms with van der Waals surface area (Å²) in [6.45, 7) is 0.331. The first-order chi connectivity index (χ1) is 8.67. The highest BCUT2D eigenvalue weighted by Crippen LogP contribution is 2.37. The van der Waals surface area contributed by atoms with Crippen molar-refractivity contribution in [3.63, 3.8) is 0 Å². The Morgan fingerprint density at radius 3 is 2.61 bits per heavy atom. The lowest BCUT2D eigenvalue weighted by atomic mass is 9.97. The number of nitrogens with two attached hydrogens (primary N) is 1. The predicted molar refractivity (Wildman–Crippen MR) is 62.6 cm³/mol. The minimum Gasteiger partial charge on any atom is -0.454 e. The van der Waals surface area contributed by atoms with Gasteiger partial charge in [0.2, 0.25) is 6.79 Å². The Hall–Kier alpha value is -1.63. The fourth-order valence-electron chi connectivity index (χ4n) is 1.87. The van der Waals surface area contributed by atoms with Crippen molar-refractivity contribution >= 4 is 6.29 Å². The van der Waals surface area contributed by atoms with E-state index in [2.05, 4.69) is 0 Å². The summed E-state index contributed by atoms with van der Waals surface area (Å²) in [5.74, 6) is 0.913. The average Bonchev–Trinajstić information content (AvgIpc) is 2.83. The Kier molecular flexibility index (Phi) is 3.81. The highest BCUT2D eigenvalue weighted by molar-refractivity contribution is 5.79. The van der Waals surface area contributed by atoms with E-state index in [1.807, 2.05) is 0 Å². The van der Waals surface area contributed by atoms with Gasteiger partial charge in [-0.15, -0.1) is 0 Å². The van der Waals surface area contributed by atoms with E-state index in [0.29, 0.717) is 23.3 Å². The Morgan fingerprint density at radius 2 is 2.00 bits per heavy atom. The third-order valence-electron chi connectivity index (χ3n) is 2.85. The molecule has 6 nitrogen and oxygen atoms in total. The molecule has 0 amide bonds. The van der Waals surface area contributed by atoms with Crippen molar-refractivity contribution in [3.8, 4) is 11.5 Å². The number of aldehydes is 1. The van der Waals surface area contributed by atoms with E-state index in [-0.39, 0.29) is 25.3 Å². The van der Waals surface area contributed by atoms with Crippen LogP contribution in [0.2, 0.25) is 0 Å². The number of aliphatic hydroxyl groups excluding tert-OH is 2. The summed E-state index contributed by atoms with van der Waals surface area (Å²) in [5.41, 5.74) is 5.90. The van der Waals surface area contributed by atoms with Gasteiger partial charge in [-0.1, -0.05) is 0 Å². The quantitative estimate of drug-likeness (QED) is 0.637. The van der Waals surface area contributed by atoms with Crippen LogP contribution in [-0.4, -0.2) is 35.9 Å². The number of benzene rings is 1. The van der Waals surface area contributed by atoms with Crippen molar-refractivity contribution in [1.29, 1.82) is 0 Å². The zero-order valence-electron chi connectivity index (χ0n) is 9.70. The third-order valence-corrected chi connectivity index (χ3v) is 2.85. The van der Waals surface area contributed by atoms with Crippen molar-refractivity contribution in [1.82, 2.24) is 0 Å². The van der Waals surface area contributed by atoms with E-state index in [0.717, 1.165) is 0 Å². The van der Waals surface area contributed by atoms with Gasteiger partial charge in [0.1, 0.15) is 6.10 Å². The highest BCUT2D eigenvalue weighted by atomic mass is 16.7. The van der Waals surface area contributed by atoms with Gasteiger partial charge >= 0.3 is 0 Å². The normalized spacial score (nSPS) is 16.4. The van der Waals surface area contributed by atoms with Crippen molar-refractivity contribution in [2.45, 2.75) is 18.6 Å². The van der Waals surface area contributed by atoms with Gasteiger partial charge in [-0.3, -0.25) is 4.79 Å². The van der Waals surface area contributed by atoms with Crippen LogP contribution in [0.15, 0.2) is 12.1 Å². The molecule has 0 radical (unpaired) electrons. The molecule has 1 heterocycles. The zero-order chi connectivity index (χ0) is 13.1. The van der Waals surface area contributed by atoms with E-state index in [4.69, 9.17) is 15.2 Å². The van der Waals surface area contributed by atoms with Crippen LogP contribution in [0.5, 0.6) is 11.5 Å². The van der Waals surface area contributed by atoms with Gasteiger partial charge in [0.15, 0.2) is 17.8 Å². The molecule has 0 saturated carbocycles. The lowest BCUT2D eigenvalue weighted by Crippen LogP contribution is -2.22. The summed E-state index contributed by atoms with van der Waals surface area (Å²) in [7, 11) is 0. The molecule has 0 spiro atoms. The van der Waals surface area contributed by atoms with Gasteiger partial charge in [-0.2, -0.15) is 0 Å². The summed E-state index contributed by atoms with van der Waals surface area (Å²) in [5, 5.41) is 19.7. The van der Waals surface area contributed by atoms with E-state index >= 15 is 0 Å². The van der Waals surface area contributed by atoms with Crippen molar-refractivity contribution in [3.05, 3.63) is 23.3 Å². The fourth-order valence-corrected chi connectivity index (χ4v) is 1.87. The maximum Gasteiger partial charge on any atom is 0.231 e. The molecule has 2 unspecified atom stereocenters. The van der Waals surface area contributed by atoms with Gasteiger partial charge in [-0.25, -0.2) is 0 Å². The zero-order valence-corrected chi connectivity index (χ0v) is 9.70. The van der Waals surface area contributed by atoms with Crippen molar-refractivity contribution in [2.24, 2.45) is 5.73 Å². The first-order valence-corrected chi connectivity index (χ1v) is 5.62. The average molecular weight is 253 g/mol. The molecule has 0 aromatic heterocycles. The largest absolute Gasteiger partial charge is 0.454 e. The molecule has 2 atom stereocenters. The molecule has 0 saturated heterocycles. The molecule has 0 fully saturated rings. The molecule has 98 valence electrons. The smallest absolute Gasteiger partial charge is 0.231 e. The van der Waals surface area contributed by atoms with Crippen LogP contribution in [0, 0.1) is 0 Å². The summed E-state index contributed by atoms with van der Waals surface area (Å²) in [4.78, 5) is 11.0. The molecule has 0 bridgehead atoms. The molecule has 1 aliphatic rings. The number of fused-ring (bicyclic) bond motifs is 1. The van der Waals surface area contributed by atoms with E-state index in [1.165, 1.54) is 12.1 Å². The summed E-state index contributed by atoms with van der Waals surface area (Å²) >= 11 is 0. The summed E-state index contributed by atoms with van der Waals surface area (Å²) in [6.07, 6.45) is -1.35. The second-order valence-corrected chi connectivity index (χ2v) is 4.04. The molecule has 0 aliphatic carbocycles. The van der Waals surface area contributed by atoms with Gasteiger partial charge in [0.25, 0.3) is 0 Å². The molecule has 6 heteroatoms. The molecule has 2 rings (SSSR count). The van der Waals surface area contributed by atoms with Crippen LogP contribution in [0.3, 0.4) is 0 Å². The Bertz CT molecular complexity index is 448. The number of hydrogen-bond donors (Lipinski definition) is 3. The Labute approximate surface area is 104 Å². The van der Waals surface area contributed by atoms with E-state index in [9.17, 15) is 15.0 Å². The van der Waals surface area contributed by atoms with E-state index in [1.54, 1.807) is 0 Å². The monoisotopic (exact) mass is 253 g/mol. The number of carbonyl (C=O) groups is 1. The number of ether oxygens (including phenoxy) is 2. The molecule has 18 heavy (non-hydrogen) atoms. The first kappa shape index (κ1) is 12.8. The lowest BCUT2D eigenvalue weighted by molar-refractivity contribution is 0.0146. The minimum atomic E-state index is -1.18. The van der Waals surface area contributed by atoms with Crippen LogP contribution in [0.1, 0.15) is 28.4 Å². The molecule has 1 aromatic rings. The van der Waals surface area contributed by atoms with Crippen LogP contribution in [0.4, 0.5) is 0 Å². The third kappa shape index (κ3) is 2.31. The van der Waals surface area contributed by atoms with Crippen LogP contribution in [0.25, 0.3) is 0 Å². The van der Waals surface area contributed by atoms with Gasteiger partial charge in [0.05, 0.1) is 6.10 Å². The second kappa shape index (κ2) is 5.34. The minimum absolute atomic E-state index is 0.0819. The highest BCUT2D eigenvalue weighted by Gasteiger charge is 2.24. The SMILES string of the molecule is NCCC(O)C(O)c1cc2c(cc1C=O)OCO2. The standard InChI is InChI=1S/C12H15NO5/c13-2-1-9(15)12(16)8-4-11-10(17-6-18-11)3-7(8)5-14/h3-5,9,12,15-16H,1-2,6,13H2. The summed E-state index contributed by atoms with van der Waals surface area (Å²) < 4.78 is 10.3. The Balaban J connectivity index is 2.34. The van der Waals surface area contributed by atoms with Gasteiger partial charge in [-0.05, 0) is 30.7 Å². The number of carbonyl (C=O) groups excluding carboxylic acids is 1. The Morgan fingerprint density at radius 1 is 1.33 bits per heavy atom. The number of aliphatic hydroxyl groups is 2. The molecular formula is C12H15NO5. The lowest BCUT2D eigenvalue weighted by Gasteiger charge is -2.19. The fraction of sp³-hybridized carbons (Fsp3) is 0.417. The number of hydrogen-bond acceptors (Lipinski definition) is 6. The van der Waals surface area contributed by atoms with Crippen molar-refractivity contribution < 1.29 is 24.5 Å². The maximum absolute atomic E-state index is 11.0. The van der Waals surface area contributed by atoms with Crippen LogP contribution < -0.4 is 15.2 Å². The van der Waals surface area contributed by atoms with Crippen LogP contribution in [-0.2, 0) is 0 Å². The summed E-state index contributed by atoms with van der Waals surface area (Å²) in [6, 6.07) is 3.00. The topological polar surface area (TPSA) is 102 Å². The van der Waals surface area contributed by atoms with Crippen LogP contribution >= 0.6 is 0 Å².